The quantitative estimate of drug-likeness (QED) is 0.621. The van der Waals surface area contributed by atoms with Crippen molar-refractivity contribution in [1.82, 2.24) is 14.6 Å². The standard InChI is InChI=1S/C23H30N4O/c1-6-7-13-26(4)23-19-9-8-10-20(19)24-22-21(16(3)25-27(22)23)18-12-11-17(28-5)14-15(18)2/h11-12,14H,6-10,13H2,1-5H3. The summed E-state index contributed by atoms with van der Waals surface area (Å²) in [6.45, 7) is 7.50. The first kappa shape index (κ1) is 18.8. The Labute approximate surface area is 167 Å². The summed E-state index contributed by atoms with van der Waals surface area (Å²) in [5, 5.41) is 4.96. The Morgan fingerprint density at radius 3 is 2.75 bits per heavy atom. The van der Waals surface area contributed by atoms with E-state index in [1.165, 1.54) is 47.5 Å². The SMILES string of the molecule is CCCCN(C)c1c2c(nc3c(-c4ccc(OC)cc4C)c(C)nn13)CCC2. The van der Waals surface area contributed by atoms with Crippen LogP contribution in [0, 0.1) is 13.8 Å². The molecule has 0 bridgehead atoms. The molecule has 0 fully saturated rings. The van der Waals surface area contributed by atoms with Gasteiger partial charge < -0.3 is 9.64 Å². The number of unbranched alkanes of at least 4 members (excludes halogenated alkanes) is 1. The molecule has 0 saturated carbocycles. The summed E-state index contributed by atoms with van der Waals surface area (Å²) in [6.07, 6.45) is 5.71. The first-order valence-electron chi connectivity index (χ1n) is 10.3. The van der Waals surface area contributed by atoms with Crippen LogP contribution in [-0.4, -0.2) is 35.3 Å². The Morgan fingerprint density at radius 2 is 2.04 bits per heavy atom. The number of aryl methyl sites for hydroxylation is 3. The zero-order valence-electron chi connectivity index (χ0n) is 17.7. The van der Waals surface area contributed by atoms with Crippen molar-refractivity contribution in [2.75, 3.05) is 25.6 Å². The Hall–Kier alpha value is -2.56. The fraction of sp³-hybridized carbons (Fsp3) is 0.478. The van der Waals surface area contributed by atoms with Gasteiger partial charge in [-0.25, -0.2) is 4.98 Å². The number of hydrogen-bond acceptors (Lipinski definition) is 4. The minimum Gasteiger partial charge on any atom is -0.497 e. The van der Waals surface area contributed by atoms with Gasteiger partial charge in [-0.3, -0.25) is 0 Å². The van der Waals surface area contributed by atoms with Crippen LogP contribution in [0.2, 0.25) is 0 Å². The Bertz CT molecular complexity index is 1020. The largest absolute Gasteiger partial charge is 0.497 e. The molecule has 1 aromatic carbocycles. The normalized spacial score (nSPS) is 13.2. The monoisotopic (exact) mass is 378 g/mol. The van der Waals surface area contributed by atoms with E-state index in [-0.39, 0.29) is 0 Å². The van der Waals surface area contributed by atoms with Gasteiger partial charge in [0.2, 0.25) is 0 Å². The Kier molecular flexibility index (Phi) is 5.00. The van der Waals surface area contributed by atoms with Gasteiger partial charge in [0.25, 0.3) is 0 Å². The van der Waals surface area contributed by atoms with Crippen LogP contribution in [0.5, 0.6) is 5.75 Å². The summed E-state index contributed by atoms with van der Waals surface area (Å²) in [4.78, 5) is 7.48. The van der Waals surface area contributed by atoms with Crippen molar-refractivity contribution in [3.8, 4) is 16.9 Å². The lowest BCUT2D eigenvalue weighted by Gasteiger charge is -2.23. The fourth-order valence-corrected chi connectivity index (χ4v) is 4.37. The van der Waals surface area contributed by atoms with Crippen LogP contribution >= 0.6 is 0 Å². The van der Waals surface area contributed by atoms with Crippen molar-refractivity contribution in [1.29, 1.82) is 0 Å². The van der Waals surface area contributed by atoms with E-state index in [1.54, 1.807) is 7.11 Å². The van der Waals surface area contributed by atoms with Gasteiger partial charge in [-0.1, -0.05) is 19.4 Å². The number of aromatic nitrogens is 3. The van der Waals surface area contributed by atoms with Gasteiger partial charge in [-0.05, 0) is 62.8 Å². The summed E-state index contributed by atoms with van der Waals surface area (Å²) >= 11 is 0. The Balaban J connectivity index is 1.94. The lowest BCUT2D eigenvalue weighted by Crippen LogP contribution is -2.23. The highest BCUT2D eigenvalue weighted by Gasteiger charge is 2.26. The Morgan fingerprint density at radius 1 is 1.21 bits per heavy atom. The maximum atomic E-state index is 5.39. The maximum Gasteiger partial charge on any atom is 0.165 e. The molecule has 0 N–H and O–H groups in total. The molecule has 3 aromatic rings. The van der Waals surface area contributed by atoms with Gasteiger partial charge in [0.05, 0.1) is 12.8 Å². The number of methoxy groups -OCH3 is 1. The van der Waals surface area contributed by atoms with Crippen molar-refractivity contribution in [2.45, 2.75) is 52.9 Å². The van der Waals surface area contributed by atoms with E-state index in [9.17, 15) is 0 Å². The second-order valence-corrected chi connectivity index (χ2v) is 7.87. The van der Waals surface area contributed by atoms with Crippen LogP contribution in [0.25, 0.3) is 16.8 Å². The van der Waals surface area contributed by atoms with Gasteiger partial charge in [-0.2, -0.15) is 9.61 Å². The summed E-state index contributed by atoms with van der Waals surface area (Å²) < 4.78 is 7.48. The minimum atomic E-state index is 0.879. The van der Waals surface area contributed by atoms with Crippen LogP contribution in [-0.2, 0) is 12.8 Å². The average molecular weight is 379 g/mol. The van der Waals surface area contributed by atoms with Gasteiger partial charge >= 0.3 is 0 Å². The topological polar surface area (TPSA) is 42.7 Å². The lowest BCUT2D eigenvalue weighted by molar-refractivity contribution is 0.414. The molecule has 0 unspecified atom stereocenters. The highest BCUT2D eigenvalue weighted by Crippen LogP contribution is 2.37. The molecule has 5 nitrogen and oxygen atoms in total. The molecule has 0 amide bonds. The first-order chi connectivity index (χ1) is 13.5. The molecule has 148 valence electrons. The molecule has 0 atom stereocenters. The molecule has 0 saturated heterocycles. The predicted octanol–water partition coefficient (Wildman–Crippen LogP) is 4.75. The molecule has 0 spiro atoms. The third-order valence-electron chi connectivity index (χ3n) is 5.85. The number of rotatable bonds is 6. The smallest absolute Gasteiger partial charge is 0.165 e. The molecule has 0 aliphatic heterocycles. The summed E-state index contributed by atoms with van der Waals surface area (Å²) in [7, 11) is 3.90. The van der Waals surface area contributed by atoms with Crippen LogP contribution in [0.4, 0.5) is 5.82 Å². The number of fused-ring (bicyclic) bond motifs is 2. The first-order valence-corrected chi connectivity index (χ1v) is 10.3. The van der Waals surface area contributed by atoms with Crippen molar-refractivity contribution in [2.24, 2.45) is 0 Å². The van der Waals surface area contributed by atoms with Crippen molar-refractivity contribution in [3.63, 3.8) is 0 Å². The van der Waals surface area contributed by atoms with Crippen molar-refractivity contribution >= 4 is 11.5 Å². The summed E-state index contributed by atoms with van der Waals surface area (Å²) in [5.41, 5.74) is 8.13. The molecule has 0 radical (unpaired) electrons. The van der Waals surface area contributed by atoms with E-state index in [1.807, 2.05) is 6.07 Å². The third-order valence-corrected chi connectivity index (χ3v) is 5.85. The lowest BCUT2D eigenvalue weighted by atomic mass is 10.0. The molecule has 4 rings (SSSR count). The molecule has 1 aliphatic carbocycles. The van der Waals surface area contributed by atoms with Gasteiger partial charge in [0, 0.05) is 30.4 Å². The predicted molar refractivity (Wildman–Crippen MR) is 115 cm³/mol. The number of nitrogens with zero attached hydrogens (tertiary/aromatic N) is 4. The van der Waals surface area contributed by atoms with E-state index in [4.69, 9.17) is 14.8 Å². The van der Waals surface area contributed by atoms with Crippen LogP contribution in [0.15, 0.2) is 18.2 Å². The third kappa shape index (κ3) is 3.03. The second-order valence-electron chi connectivity index (χ2n) is 7.87. The van der Waals surface area contributed by atoms with Crippen LogP contribution in [0.1, 0.15) is 48.7 Å². The number of benzene rings is 1. The van der Waals surface area contributed by atoms with Crippen LogP contribution in [0.3, 0.4) is 0 Å². The molecule has 5 heteroatoms. The minimum absolute atomic E-state index is 0.879. The van der Waals surface area contributed by atoms with E-state index in [0.29, 0.717) is 0 Å². The molecular weight excluding hydrogens is 348 g/mol. The highest BCUT2D eigenvalue weighted by molar-refractivity contribution is 5.83. The highest BCUT2D eigenvalue weighted by atomic mass is 16.5. The summed E-state index contributed by atoms with van der Waals surface area (Å²) in [6, 6.07) is 6.24. The zero-order chi connectivity index (χ0) is 19.8. The van der Waals surface area contributed by atoms with Gasteiger partial charge in [0.15, 0.2) is 5.65 Å². The number of anilines is 1. The molecule has 2 heterocycles. The van der Waals surface area contributed by atoms with Gasteiger partial charge in [0.1, 0.15) is 11.6 Å². The average Bonchev–Trinajstić information content (AvgIpc) is 3.27. The van der Waals surface area contributed by atoms with Gasteiger partial charge in [-0.15, -0.1) is 0 Å². The summed E-state index contributed by atoms with van der Waals surface area (Å²) in [5.74, 6) is 2.11. The van der Waals surface area contributed by atoms with E-state index < -0.39 is 0 Å². The zero-order valence-corrected chi connectivity index (χ0v) is 17.7. The molecular formula is C23H30N4O. The van der Waals surface area contributed by atoms with Crippen molar-refractivity contribution < 1.29 is 4.74 Å². The fourth-order valence-electron chi connectivity index (χ4n) is 4.37. The van der Waals surface area contributed by atoms with E-state index in [0.717, 1.165) is 42.0 Å². The molecule has 28 heavy (non-hydrogen) atoms. The maximum absolute atomic E-state index is 5.39. The van der Waals surface area contributed by atoms with E-state index in [2.05, 4.69) is 49.4 Å². The van der Waals surface area contributed by atoms with Crippen molar-refractivity contribution in [3.05, 3.63) is 40.7 Å². The molecule has 2 aromatic heterocycles. The van der Waals surface area contributed by atoms with Crippen LogP contribution < -0.4 is 9.64 Å². The number of hydrogen-bond donors (Lipinski definition) is 0. The van der Waals surface area contributed by atoms with E-state index >= 15 is 0 Å². The number of ether oxygens (including phenoxy) is 1. The molecule has 1 aliphatic rings. The second kappa shape index (κ2) is 7.46.